The number of anilines is 1. The topological polar surface area (TPSA) is 84.3 Å². The zero-order valence-corrected chi connectivity index (χ0v) is 13.4. The lowest BCUT2D eigenvalue weighted by Crippen LogP contribution is -2.41. The molecule has 0 heterocycles. The van der Waals surface area contributed by atoms with Crippen molar-refractivity contribution in [3.8, 4) is 0 Å². The standard InChI is InChI=1S/C17H23N3O3/c1-11-4-2-3-5-14(11)19-17(21)12-6-9-15(18-13-7-8-13)16(10-12)20(22)23/h6,9-11,13-14,18H,2-5,7-8H2,1H3,(H,19,21)/t11-,14-/m0/s1. The monoisotopic (exact) mass is 317 g/mol. The molecule has 2 N–H and O–H groups in total. The lowest BCUT2D eigenvalue weighted by atomic mass is 9.86. The van der Waals surface area contributed by atoms with E-state index in [4.69, 9.17) is 0 Å². The van der Waals surface area contributed by atoms with Crippen LogP contribution in [0.1, 0.15) is 55.8 Å². The van der Waals surface area contributed by atoms with Gasteiger partial charge >= 0.3 is 0 Å². The van der Waals surface area contributed by atoms with Crippen LogP contribution in [0, 0.1) is 16.0 Å². The van der Waals surface area contributed by atoms with Crippen LogP contribution in [-0.2, 0) is 0 Å². The average molecular weight is 317 g/mol. The maximum absolute atomic E-state index is 12.4. The second-order valence-electron chi connectivity index (χ2n) is 6.75. The molecule has 6 heteroatoms. The first-order valence-electron chi connectivity index (χ1n) is 8.40. The third-order valence-electron chi connectivity index (χ3n) is 4.82. The molecule has 3 rings (SSSR count). The summed E-state index contributed by atoms with van der Waals surface area (Å²) >= 11 is 0. The third-order valence-corrected chi connectivity index (χ3v) is 4.82. The number of nitro groups is 1. The maximum atomic E-state index is 12.4. The lowest BCUT2D eigenvalue weighted by molar-refractivity contribution is -0.384. The second kappa shape index (κ2) is 6.56. The minimum absolute atomic E-state index is 0.0266. The Bertz CT molecular complexity index is 613. The first-order valence-corrected chi connectivity index (χ1v) is 8.40. The Morgan fingerprint density at radius 1 is 1.22 bits per heavy atom. The molecule has 0 spiro atoms. The van der Waals surface area contributed by atoms with E-state index in [2.05, 4.69) is 17.6 Å². The van der Waals surface area contributed by atoms with E-state index in [1.54, 1.807) is 12.1 Å². The molecule has 0 aliphatic heterocycles. The van der Waals surface area contributed by atoms with Crippen LogP contribution in [0.25, 0.3) is 0 Å². The Morgan fingerprint density at radius 2 is 1.96 bits per heavy atom. The number of nitrogens with zero attached hydrogens (tertiary/aromatic N) is 1. The van der Waals surface area contributed by atoms with Gasteiger partial charge in [-0.05, 0) is 43.7 Å². The van der Waals surface area contributed by atoms with Gasteiger partial charge in [0.1, 0.15) is 5.69 Å². The van der Waals surface area contributed by atoms with Crippen molar-refractivity contribution >= 4 is 17.3 Å². The van der Waals surface area contributed by atoms with E-state index in [0.717, 1.165) is 32.1 Å². The van der Waals surface area contributed by atoms with Gasteiger partial charge in [-0.3, -0.25) is 14.9 Å². The van der Waals surface area contributed by atoms with Crippen LogP contribution in [0.15, 0.2) is 18.2 Å². The van der Waals surface area contributed by atoms with Crippen LogP contribution in [0.2, 0.25) is 0 Å². The zero-order chi connectivity index (χ0) is 16.4. The largest absolute Gasteiger partial charge is 0.377 e. The summed E-state index contributed by atoms with van der Waals surface area (Å²) in [6.45, 7) is 2.15. The summed E-state index contributed by atoms with van der Waals surface area (Å²) < 4.78 is 0. The van der Waals surface area contributed by atoms with Crippen molar-refractivity contribution < 1.29 is 9.72 Å². The predicted octanol–water partition coefficient (Wildman–Crippen LogP) is 3.48. The van der Waals surface area contributed by atoms with Gasteiger partial charge in [-0.1, -0.05) is 19.8 Å². The van der Waals surface area contributed by atoms with E-state index in [0.29, 0.717) is 23.2 Å². The summed E-state index contributed by atoms with van der Waals surface area (Å²) in [4.78, 5) is 23.3. The van der Waals surface area contributed by atoms with E-state index in [1.807, 2.05) is 0 Å². The van der Waals surface area contributed by atoms with Crippen molar-refractivity contribution in [3.05, 3.63) is 33.9 Å². The molecule has 0 aromatic heterocycles. The number of carbonyl (C=O) groups excluding carboxylic acids is 1. The predicted molar refractivity (Wildman–Crippen MR) is 88.6 cm³/mol. The molecule has 124 valence electrons. The fraction of sp³-hybridized carbons (Fsp3) is 0.588. The van der Waals surface area contributed by atoms with Gasteiger partial charge in [0.25, 0.3) is 11.6 Å². The Labute approximate surface area is 135 Å². The molecule has 1 aromatic carbocycles. The first kappa shape index (κ1) is 15.8. The molecule has 1 amide bonds. The molecule has 2 aliphatic rings. The molecule has 0 unspecified atom stereocenters. The molecule has 23 heavy (non-hydrogen) atoms. The van der Waals surface area contributed by atoms with E-state index < -0.39 is 4.92 Å². The molecule has 0 radical (unpaired) electrons. The summed E-state index contributed by atoms with van der Waals surface area (Å²) in [6, 6.07) is 5.19. The highest BCUT2D eigenvalue weighted by Crippen LogP contribution is 2.32. The normalized spacial score (nSPS) is 24.0. The summed E-state index contributed by atoms with van der Waals surface area (Å²) in [5.41, 5.74) is 0.831. The number of hydrogen-bond acceptors (Lipinski definition) is 4. The number of nitro benzene ring substituents is 1. The van der Waals surface area contributed by atoms with E-state index in [1.165, 1.54) is 12.5 Å². The Balaban J connectivity index is 1.74. The smallest absolute Gasteiger partial charge is 0.293 e. The highest BCUT2D eigenvalue weighted by molar-refractivity contribution is 5.96. The summed E-state index contributed by atoms with van der Waals surface area (Å²) in [6.07, 6.45) is 6.52. The Kier molecular flexibility index (Phi) is 4.50. The number of benzene rings is 1. The minimum atomic E-state index is -0.426. The van der Waals surface area contributed by atoms with Gasteiger partial charge in [0.15, 0.2) is 0 Å². The van der Waals surface area contributed by atoms with Crippen molar-refractivity contribution in [3.63, 3.8) is 0 Å². The van der Waals surface area contributed by atoms with Crippen molar-refractivity contribution in [2.75, 3.05) is 5.32 Å². The number of amides is 1. The van der Waals surface area contributed by atoms with E-state index >= 15 is 0 Å². The van der Waals surface area contributed by atoms with Crippen LogP contribution >= 0.6 is 0 Å². The van der Waals surface area contributed by atoms with Crippen LogP contribution in [-0.4, -0.2) is 22.9 Å². The van der Waals surface area contributed by atoms with Crippen LogP contribution in [0.5, 0.6) is 0 Å². The van der Waals surface area contributed by atoms with Gasteiger partial charge in [0.2, 0.25) is 0 Å². The summed E-state index contributed by atoms with van der Waals surface area (Å²) in [5.74, 6) is 0.239. The fourth-order valence-corrected chi connectivity index (χ4v) is 3.18. The van der Waals surface area contributed by atoms with Gasteiger partial charge < -0.3 is 10.6 Å². The van der Waals surface area contributed by atoms with Gasteiger partial charge in [-0.15, -0.1) is 0 Å². The minimum Gasteiger partial charge on any atom is -0.377 e. The highest BCUT2D eigenvalue weighted by atomic mass is 16.6. The molecule has 2 saturated carbocycles. The number of rotatable bonds is 5. The van der Waals surface area contributed by atoms with Crippen LogP contribution in [0.3, 0.4) is 0 Å². The number of nitrogens with one attached hydrogen (secondary N) is 2. The van der Waals surface area contributed by atoms with E-state index in [9.17, 15) is 14.9 Å². The zero-order valence-electron chi connectivity index (χ0n) is 13.4. The summed E-state index contributed by atoms with van der Waals surface area (Å²) in [7, 11) is 0. The third kappa shape index (κ3) is 3.81. The van der Waals surface area contributed by atoms with Crippen molar-refractivity contribution in [2.45, 2.75) is 57.5 Å². The van der Waals surface area contributed by atoms with Crippen LogP contribution in [0.4, 0.5) is 11.4 Å². The highest BCUT2D eigenvalue weighted by Gasteiger charge is 2.27. The molecule has 2 fully saturated rings. The van der Waals surface area contributed by atoms with Crippen molar-refractivity contribution in [2.24, 2.45) is 5.92 Å². The SMILES string of the molecule is C[C@H]1CCCC[C@@H]1NC(=O)c1ccc(NC2CC2)c([N+](=O)[O-])c1. The van der Waals surface area contributed by atoms with Crippen molar-refractivity contribution in [1.29, 1.82) is 0 Å². The average Bonchev–Trinajstić information content (AvgIpc) is 3.33. The van der Waals surface area contributed by atoms with E-state index in [-0.39, 0.29) is 17.6 Å². The molecular formula is C17H23N3O3. The Hall–Kier alpha value is -2.11. The fourth-order valence-electron chi connectivity index (χ4n) is 3.18. The molecule has 1 aromatic rings. The number of carbonyl (C=O) groups is 1. The van der Waals surface area contributed by atoms with Crippen molar-refractivity contribution in [1.82, 2.24) is 5.32 Å². The van der Waals surface area contributed by atoms with Gasteiger partial charge in [-0.2, -0.15) is 0 Å². The lowest BCUT2D eigenvalue weighted by Gasteiger charge is -2.29. The first-order chi connectivity index (χ1) is 11.0. The molecule has 2 atom stereocenters. The number of hydrogen-bond donors (Lipinski definition) is 2. The molecule has 0 bridgehead atoms. The summed E-state index contributed by atoms with van der Waals surface area (Å²) in [5, 5.41) is 17.5. The molecule has 6 nitrogen and oxygen atoms in total. The second-order valence-corrected chi connectivity index (χ2v) is 6.75. The quantitative estimate of drug-likeness (QED) is 0.643. The van der Waals surface area contributed by atoms with Crippen LogP contribution < -0.4 is 10.6 Å². The van der Waals surface area contributed by atoms with Gasteiger partial charge in [0, 0.05) is 23.7 Å². The Morgan fingerprint density at radius 3 is 2.61 bits per heavy atom. The van der Waals surface area contributed by atoms with Gasteiger partial charge in [-0.25, -0.2) is 0 Å². The molecular weight excluding hydrogens is 294 g/mol. The maximum Gasteiger partial charge on any atom is 0.293 e. The van der Waals surface area contributed by atoms with Gasteiger partial charge in [0.05, 0.1) is 4.92 Å². The molecule has 2 aliphatic carbocycles. The molecule has 0 saturated heterocycles.